The average molecular weight is 406 g/mol. The Balaban J connectivity index is 1.90. The summed E-state index contributed by atoms with van der Waals surface area (Å²) in [6.07, 6.45) is 5.21. The molecule has 0 aliphatic carbocycles. The summed E-state index contributed by atoms with van der Waals surface area (Å²) < 4.78 is 7.36. The highest BCUT2D eigenvalue weighted by atomic mass is 79.9. The summed E-state index contributed by atoms with van der Waals surface area (Å²) in [6.45, 7) is 2.22. The van der Waals surface area contributed by atoms with Crippen molar-refractivity contribution in [2.45, 2.75) is 31.7 Å². The van der Waals surface area contributed by atoms with Crippen molar-refractivity contribution >= 4 is 37.5 Å². The Bertz CT molecular complexity index is 454. The van der Waals surface area contributed by atoms with E-state index in [1.807, 2.05) is 12.1 Å². The summed E-state index contributed by atoms with van der Waals surface area (Å²) in [5.41, 5.74) is 1.09. The van der Waals surface area contributed by atoms with Crippen molar-refractivity contribution < 1.29 is 4.74 Å². The summed E-state index contributed by atoms with van der Waals surface area (Å²) in [5, 5.41) is 3.51. The molecule has 1 saturated heterocycles. The molecule has 1 aliphatic rings. The second-order valence-corrected chi connectivity index (χ2v) is 7.02. The summed E-state index contributed by atoms with van der Waals surface area (Å²) in [7, 11) is 3.93. The molecule has 2 rings (SSSR count). The standard InChI is InChI=1S/C15H22Br2N2O/c1-19-8-4-3-5-11(19)6-7-18-14-10-15(20-2)13(17)9-12(14)16/h9-11,18H,3-8H2,1-2H3. The Kier molecular flexibility index (Phi) is 6.18. The maximum Gasteiger partial charge on any atom is 0.135 e. The number of nitrogens with one attached hydrogen (secondary N) is 1. The second-order valence-electron chi connectivity index (χ2n) is 5.31. The number of likely N-dealkylation sites (tertiary alicyclic amines) is 1. The minimum Gasteiger partial charge on any atom is -0.495 e. The Morgan fingerprint density at radius 1 is 1.30 bits per heavy atom. The van der Waals surface area contributed by atoms with Crippen LogP contribution in [0.2, 0.25) is 0 Å². The number of hydrogen-bond donors (Lipinski definition) is 1. The van der Waals surface area contributed by atoms with Gasteiger partial charge in [0, 0.05) is 23.1 Å². The molecule has 3 nitrogen and oxygen atoms in total. The van der Waals surface area contributed by atoms with Crippen LogP contribution in [-0.4, -0.2) is 38.2 Å². The van der Waals surface area contributed by atoms with Crippen LogP contribution in [0.1, 0.15) is 25.7 Å². The first kappa shape index (κ1) is 16.1. The van der Waals surface area contributed by atoms with Crippen LogP contribution in [0.25, 0.3) is 0 Å². The van der Waals surface area contributed by atoms with Crippen LogP contribution in [0.4, 0.5) is 5.69 Å². The van der Waals surface area contributed by atoms with Crippen molar-refractivity contribution in [2.75, 3.05) is 32.6 Å². The number of piperidine rings is 1. The van der Waals surface area contributed by atoms with Gasteiger partial charge in [0.1, 0.15) is 5.75 Å². The van der Waals surface area contributed by atoms with Crippen LogP contribution in [0.3, 0.4) is 0 Å². The lowest BCUT2D eigenvalue weighted by molar-refractivity contribution is 0.179. The molecule has 1 fully saturated rings. The van der Waals surface area contributed by atoms with E-state index in [2.05, 4.69) is 49.1 Å². The number of halogens is 2. The second kappa shape index (κ2) is 7.66. The fourth-order valence-corrected chi connectivity index (χ4v) is 4.00. The topological polar surface area (TPSA) is 24.5 Å². The molecule has 0 bridgehead atoms. The van der Waals surface area contributed by atoms with Crippen molar-refractivity contribution in [2.24, 2.45) is 0 Å². The Morgan fingerprint density at radius 2 is 2.10 bits per heavy atom. The summed E-state index contributed by atoms with van der Waals surface area (Å²) in [5.74, 6) is 0.852. The zero-order chi connectivity index (χ0) is 14.5. The molecule has 112 valence electrons. The zero-order valence-electron chi connectivity index (χ0n) is 12.1. The molecule has 1 aromatic carbocycles. The van der Waals surface area contributed by atoms with E-state index < -0.39 is 0 Å². The molecule has 1 atom stereocenters. The third-order valence-corrected chi connectivity index (χ3v) is 5.23. The normalized spacial score (nSPS) is 19.9. The molecule has 0 saturated carbocycles. The third kappa shape index (κ3) is 4.12. The quantitative estimate of drug-likeness (QED) is 0.779. The molecule has 20 heavy (non-hydrogen) atoms. The molecule has 1 N–H and O–H groups in total. The first-order chi connectivity index (χ1) is 9.61. The number of ether oxygens (including phenoxy) is 1. The average Bonchev–Trinajstić information content (AvgIpc) is 2.43. The molecule has 0 aromatic heterocycles. The Hall–Kier alpha value is -0.260. The molecule has 5 heteroatoms. The van der Waals surface area contributed by atoms with Crippen LogP contribution in [0.5, 0.6) is 5.75 Å². The summed E-state index contributed by atoms with van der Waals surface area (Å²) in [6, 6.07) is 4.76. The maximum atomic E-state index is 5.34. The lowest BCUT2D eigenvalue weighted by Gasteiger charge is -2.32. The molecule has 1 aromatic rings. The molecule has 1 unspecified atom stereocenters. The molecule has 0 spiro atoms. The Morgan fingerprint density at radius 3 is 2.80 bits per heavy atom. The Labute approximate surface area is 138 Å². The number of hydrogen-bond acceptors (Lipinski definition) is 3. The van der Waals surface area contributed by atoms with Gasteiger partial charge < -0.3 is 15.0 Å². The van der Waals surface area contributed by atoms with Crippen LogP contribution in [0.15, 0.2) is 21.1 Å². The van der Waals surface area contributed by atoms with Gasteiger partial charge in [-0.3, -0.25) is 0 Å². The van der Waals surface area contributed by atoms with Gasteiger partial charge in [-0.15, -0.1) is 0 Å². The zero-order valence-corrected chi connectivity index (χ0v) is 15.3. The maximum absolute atomic E-state index is 5.34. The first-order valence-corrected chi connectivity index (χ1v) is 8.67. The van der Waals surface area contributed by atoms with Crippen LogP contribution >= 0.6 is 31.9 Å². The predicted octanol–water partition coefficient (Wildman–Crippen LogP) is 4.51. The lowest BCUT2D eigenvalue weighted by atomic mass is 10.0. The number of anilines is 1. The highest BCUT2D eigenvalue weighted by molar-refractivity contribution is 9.11. The van der Waals surface area contributed by atoms with Crippen molar-refractivity contribution in [3.8, 4) is 5.75 Å². The van der Waals surface area contributed by atoms with Crippen LogP contribution < -0.4 is 10.1 Å². The van der Waals surface area contributed by atoms with Crippen molar-refractivity contribution in [3.63, 3.8) is 0 Å². The van der Waals surface area contributed by atoms with E-state index in [9.17, 15) is 0 Å². The first-order valence-electron chi connectivity index (χ1n) is 7.09. The minimum absolute atomic E-state index is 0.715. The van der Waals surface area contributed by atoms with Gasteiger partial charge in [0.15, 0.2) is 0 Å². The van der Waals surface area contributed by atoms with E-state index >= 15 is 0 Å². The van der Waals surface area contributed by atoms with Crippen molar-refractivity contribution in [1.29, 1.82) is 0 Å². The minimum atomic E-state index is 0.715. The fraction of sp³-hybridized carbons (Fsp3) is 0.600. The smallest absolute Gasteiger partial charge is 0.135 e. The monoisotopic (exact) mass is 404 g/mol. The van der Waals surface area contributed by atoms with E-state index in [1.54, 1.807) is 7.11 Å². The molecular weight excluding hydrogens is 384 g/mol. The van der Waals surface area contributed by atoms with Gasteiger partial charge in [-0.1, -0.05) is 6.42 Å². The van der Waals surface area contributed by atoms with Crippen molar-refractivity contribution in [3.05, 3.63) is 21.1 Å². The predicted molar refractivity (Wildman–Crippen MR) is 91.8 cm³/mol. The molecular formula is C15H22Br2N2O. The van der Waals surface area contributed by atoms with Crippen molar-refractivity contribution in [1.82, 2.24) is 4.90 Å². The fourth-order valence-electron chi connectivity index (χ4n) is 2.70. The van der Waals surface area contributed by atoms with E-state index in [1.165, 1.54) is 32.2 Å². The van der Waals surface area contributed by atoms with E-state index in [-0.39, 0.29) is 0 Å². The van der Waals surface area contributed by atoms with Gasteiger partial charge >= 0.3 is 0 Å². The van der Waals surface area contributed by atoms with Gasteiger partial charge in [0.2, 0.25) is 0 Å². The number of nitrogens with zero attached hydrogens (tertiary/aromatic N) is 1. The highest BCUT2D eigenvalue weighted by Gasteiger charge is 2.18. The number of benzene rings is 1. The van der Waals surface area contributed by atoms with Gasteiger partial charge in [0.25, 0.3) is 0 Å². The third-order valence-electron chi connectivity index (χ3n) is 3.96. The van der Waals surface area contributed by atoms with Gasteiger partial charge in [-0.25, -0.2) is 0 Å². The largest absolute Gasteiger partial charge is 0.495 e. The van der Waals surface area contributed by atoms with Gasteiger partial charge in [-0.05, 0) is 70.8 Å². The molecule has 0 amide bonds. The van der Waals surface area contributed by atoms with Gasteiger partial charge in [0.05, 0.1) is 17.3 Å². The summed E-state index contributed by atoms with van der Waals surface area (Å²) in [4.78, 5) is 2.49. The lowest BCUT2D eigenvalue weighted by Crippen LogP contribution is -2.37. The van der Waals surface area contributed by atoms with E-state index in [0.29, 0.717) is 6.04 Å². The summed E-state index contributed by atoms with van der Waals surface area (Å²) >= 11 is 7.08. The number of methoxy groups -OCH3 is 1. The van der Waals surface area contributed by atoms with Gasteiger partial charge in [-0.2, -0.15) is 0 Å². The van der Waals surface area contributed by atoms with Crippen LogP contribution in [-0.2, 0) is 0 Å². The highest BCUT2D eigenvalue weighted by Crippen LogP contribution is 2.34. The SMILES string of the molecule is COc1cc(NCCC2CCCCN2C)c(Br)cc1Br. The van der Waals surface area contributed by atoms with E-state index in [0.717, 1.165) is 26.9 Å². The molecule has 0 radical (unpaired) electrons. The number of rotatable bonds is 5. The molecule has 1 heterocycles. The molecule has 1 aliphatic heterocycles. The van der Waals surface area contributed by atoms with Crippen LogP contribution in [0, 0.1) is 0 Å². The van der Waals surface area contributed by atoms with E-state index in [4.69, 9.17) is 4.74 Å².